The molecule has 0 saturated carbocycles. The number of carbonyl (C=O) groups excluding carboxylic acids is 1. The summed E-state index contributed by atoms with van der Waals surface area (Å²) in [7, 11) is -1.22. The fourth-order valence-electron chi connectivity index (χ4n) is 1.98. The zero-order valence-electron chi connectivity index (χ0n) is 11.4. The third kappa shape index (κ3) is 4.98. The standard InChI is InChI=1S/C15H22O2Si/c1-12(11-18(2,3)4)10-14(16)15(17)13-8-6-5-7-9-13/h5-9,14,16H,1,10-11H2,2-4H3. The van der Waals surface area contributed by atoms with Gasteiger partial charge in [0, 0.05) is 20.1 Å². The summed E-state index contributed by atoms with van der Waals surface area (Å²) in [5.41, 5.74) is 1.54. The fourth-order valence-corrected chi connectivity index (χ4v) is 3.63. The number of hydrogen-bond acceptors (Lipinski definition) is 2. The van der Waals surface area contributed by atoms with Gasteiger partial charge in [0.05, 0.1) is 0 Å². The molecule has 1 aromatic rings. The van der Waals surface area contributed by atoms with Crippen molar-refractivity contribution in [2.24, 2.45) is 0 Å². The molecule has 0 aliphatic carbocycles. The Morgan fingerprint density at radius 3 is 2.33 bits per heavy atom. The smallest absolute Gasteiger partial charge is 0.191 e. The average Bonchev–Trinajstić information content (AvgIpc) is 2.26. The average molecular weight is 262 g/mol. The number of Topliss-reactive ketones (excluding diaryl/α,β-unsaturated/α-hetero) is 1. The summed E-state index contributed by atoms with van der Waals surface area (Å²) in [6, 6.07) is 9.87. The zero-order valence-corrected chi connectivity index (χ0v) is 12.4. The molecule has 0 aliphatic rings. The molecule has 0 amide bonds. The molecule has 1 N–H and O–H groups in total. The summed E-state index contributed by atoms with van der Waals surface area (Å²) < 4.78 is 0. The van der Waals surface area contributed by atoms with Crippen LogP contribution in [0, 0.1) is 0 Å². The van der Waals surface area contributed by atoms with E-state index in [-0.39, 0.29) is 5.78 Å². The first kappa shape index (κ1) is 14.9. The van der Waals surface area contributed by atoms with Crippen LogP contribution in [0.4, 0.5) is 0 Å². The Morgan fingerprint density at radius 2 is 1.83 bits per heavy atom. The van der Waals surface area contributed by atoms with Crippen molar-refractivity contribution in [2.45, 2.75) is 38.2 Å². The molecule has 0 saturated heterocycles. The van der Waals surface area contributed by atoms with E-state index in [2.05, 4.69) is 26.2 Å². The topological polar surface area (TPSA) is 37.3 Å². The van der Waals surface area contributed by atoms with E-state index in [1.165, 1.54) is 0 Å². The van der Waals surface area contributed by atoms with Crippen molar-refractivity contribution < 1.29 is 9.90 Å². The Hall–Kier alpha value is -1.19. The minimum atomic E-state index is -1.22. The molecule has 18 heavy (non-hydrogen) atoms. The zero-order chi connectivity index (χ0) is 13.8. The van der Waals surface area contributed by atoms with Gasteiger partial charge in [0.1, 0.15) is 6.10 Å². The lowest BCUT2D eigenvalue weighted by Crippen LogP contribution is -2.24. The maximum absolute atomic E-state index is 12.0. The molecule has 2 nitrogen and oxygen atoms in total. The fraction of sp³-hybridized carbons (Fsp3) is 0.400. The summed E-state index contributed by atoms with van der Waals surface area (Å²) in [5.74, 6) is -0.215. The Morgan fingerprint density at radius 1 is 1.28 bits per heavy atom. The van der Waals surface area contributed by atoms with Crippen LogP contribution in [0.25, 0.3) is 0 Å². The molecular formula is C15H22O2Si. The molecule has 0 radical (unpaired) electrons. The highest BCUT2D eigenvalue weighted by Gasteiger charge is 2.21. The molecule has 0 aromatic heterocycles. The van der Waals surface area contributed by atoms with Crippen molar-refractivity contribution in [1.29, 1.82) is 0 Å². The van der Waals surface area contributed by atoms with Crippen molar-refractivity contribution in [1.82, 2.24) is 0 Å². The van der Waals surface area contributed by atoms with E-state index in [0.29, 0.717) is 12.0 Å². The summed E-state index contributed by atoms with van der Waals surface area (Å²) in [6.07, 6.45) is -0.589. The number of aliphatic hydroxyl groups is 1. The quantitative estimate of drug-likeness (QED) is 0.484. The summed E-state index contributed by atoms with van der Waals surface area (Å²) in [5, 5.41) is 9.94. The Bertz CT molecular complexity index is 418. The number of carbonyl (C=O) groups is 1. The van der Waals surface area contributed by atoms with Gasteiger partial charge in [-0.2, -0.15) is 0 Å². The van der Waals surface area contributed by atoms with Gasteiger partial charge >= 0.3 is 0 Å². The maximum Gasteiger partial charge on any atom is 0.191 e. The van der Waals surface area contributed by atoms with Crippen molar-refractivity contribution in [2.75, 3.05) is 0 Å². The lowest BCUT2D eigenvalue weighted by atomic mass is 10.0. The Labute approximate surface area is 110 Å². The van der Waals surface area contributed by atoms with E-state index < -0.39 is 14.2 Å². The second kappa shape index (κ2) is 6.11. The minimum Gasteiger partial charge on any atom is -0.385 e. The second-order valence-corrected chi connectivity index (χ2v) is 11.4. The van der Waals surface area contributed by atoms with Crippen molar-refractivity contribution in [3.63, 3.8) is 0 Å². The van der Waals surface area contributed by atoms with Crippen molar-refractivity contribution >= 4 is 13.9 Å². The molecule has 98 valence electrons. The third-order valence-electron chi connectivity index (χ3n) is 2.62. The number of rotatable bonds is 6. The predicted molar refractivity (Wildman–Crippen MR) is 78.7 cm³/mol. The number of hydrogen-bond donors (Lipinski definition) is 1. The van der Waals surface area contributed by atoms with E-state index in [1.54, 1.807) is 24.3 Å². The number of ketones is 1. The molecule has 1 atom stereocenters. The summed E-state index contributed by atoms with van der Waals surface area (Å²) in [6.45, 7) is 10.7. The van der Waals surface area contributed by atoms with Crippen molar-refractivity contribution in [3.8, 4) is 0 Å². The van der Waals surface area contributed by atoms with Gasteiger partial charge < -0.3 is 5.11 Å². The minimum absolute atomic E-state index is 0.215. The number of aliphatic hydroxyl groups excluding tert-OH is 1. The molecule has 0 fully saturated rings. The van der Waals surface area contributed by atoms with Crippen LogP contribution in [-0.2, 0) is 0 Å². The summed E-state index contributed by atoms with van der Waals surface area (Å²) >= 11 is 0. The molecule has 0 bridgehead atoms. The molecule has 1 rings (SSSR count). The van der Waals surface area contributed by atoms with Crippen LogP contribution >= 0.6 is 0 Å². The van der Waals surface area contributed by atoms with Crippen LogP contribution in [-0.4, -0.2) is 25.1 Å². The van der Waals surface area contributed by atoms with Gasteiger partial charge in [-0.15, -0.1) is 6.58 Å². The lowest BCUT2D eigenvalue weighted by molar-refractivity contribution is 0.0748. The molecule has 0 aliphatic heterocycles. The van der Waals surface area contributed by atoms with Crippen LogP contribution in [0.15, 0.2) is 42.5 Å². The molecule has 0 spiro atoms. The Balaban J connectivity index is 2.59. The highest BCUT2D eigenvalue weighted by atomic mass is 28.3. The van der Waals surface area contributed by atoms with E-state index in [1.807, 2.05) is 6.07 Å². The van der Waals surface area contributed by atoms with Crippen LogP contribution in [0.2, 0.25) is 25.7 Å². The van der Waals surface area contributed by atoms with Gasteiger partial charge in [-0.25, -0.2) is 0 Å². The number of benzene rings is 1. The first-order chi connectivity index (χ1) is 8.29. The van der Waals surface area contributed by atoms with Gasteiger partial charge in [-0.3, -0.25) is 4.79 Å². The molecule has 3 heteroatoms. The van der Waals surface area contributed by atoms with Crippen LogP contribution in [0.5, 0.6) is 0 Å². The SMILES string of the molecule is C=C(CC(O)C(=O)c1ccccc1)C[Si](C)(C)C. The first-order valence-electron chi connectivity index (χ1n) is 6.23. The van der Waals surface area contributed by atoms with Gasteiger partial charge in [-0.1, -0.05) is 55.5 Å². The highest BCUT2D eigenvalue weighted by molar-refractivity contribution is 6.76. The van der Waals surface area contributed by atoms with E-state index in [4.69, 9.17) is 0 Å². The second-order valence-electron chi connectivity index (χ2n) is 5.94. The molecular weight excluding hydrogens is 240 g/mol. The summed E-state index contributed by atoms with van der Waals surface area (Å²) in [4.78, 5) is 12.0. The first-order valence-corrected chi connectivity index (χ1v) is 9.94. The van der Waals surface area contributed by atoms with Crippen LogP contribution in [0.3, 0.4) is 0 Å². The lowest BCUT2D eigenvalue weighted by Gasteiger charge is -2.19. The largest absolute Gasteiger partial charge is 0.385 e. The van der Waals surface area contributed by atoms with E-state index >= 15 is 0 Å². The van der Waals surface area contributed by atoms with E-state index in [9.17, 15) is 9.90 Å². The third-order valence-corrected chi connectivity index (χ3v) is 4.18. The van der Waals surface area contributed by atoms with Gasteiger partial charge in [0.25, 0.3) is 0 Å². The van der Waals surface area contributed by atoms with Gasteiger partial charge in [0.2, 0.25) is 0 Å². The molecule has 1 aromatic carbocycles. The van der Waals surface area contributed by atoms with Gasteiger partial charge in [-0.05, 0) is 6.04 Å². The van der Waals surface area contributed by atoms with Gasteiger partial charge in [0.15, 0.2) is 5.78 Å². The van der Waals surface area contributed by atoms with Crippen LogP contribution < -0.4 is 0 Å². The maximum atomic E-state index is 12.0. The monoisotopic (exact) mass is 262 g/mol. The van der Waals surface area contributed by atoms with Crippen LogP contribution in [0.1, 0.15) is 16.8 Å². The van der Waals surface area contributed by atoms with Crippen molar-refractivity contribution in [3.05, 3.63) is 48.0 Å². The van der Waals surface area contributed by atoms with E-state index in [0.717, 1.165) is 11.6 Å². The normalized spacial score (nSPS) is 13.1. The predicted octanol–water partition coefficient (Wildman–Crippen LogP) is 3.51. The Kier molecular flexibility index (Phi) is 5.05. The highest BCUT2D eigenvalue weighted by Crippen LogP contribution is 2.20. The molecule has 0 heterocycles. The molecule has 1 unspecified atom stereocenters.